The summed E-state index contributed by atoms with van der Waals surface area (Å²) >= 11 is 7.33. The molecule has 4 nitrogen and oxygen atoms in total. The van der Waals surface area contributed by atoms with E-state index in [9.17, 15) is 0 Å². The Bertz CT molecular complexity index is 711. The number of aromatic nitrogens is 3. The lowest BCUT2D eigenvalue weighted by Gasteiger charge is -2.06. The zero-order valence-corrected chi connectivity index (χ0v) is 11.7. The summed E-state index contributed by atoms with van der Waals surface area (Å²) < 4.78 is 5.78. The summed E-state index contributed by atoms with van der Waals surface area (Å²) in [6, 6.07) is 5.41. The van der Waals surface area contributed by atoms with Crippen molar-refractivity contribution in [2.75, 3.05) is 0 Å². The molecule has 3 aromatic rings. The molecule has 3 rings (SSSR count). The molecule has 19 heavy (non-hydrogen) atoms. The first-order valence-electron chi connectivity index (χ1n) is 5.80. The average molecular weight is 292 g/mol. The summed E-state index contributed by atoms with van der Waals surface area (Å²) in [5.74, 6) is 1.94. The van der Waals surface area contributed by atoms with Gasteiger partial charge in [0.05, 0.1) is 11.6 Å². The fourth-order valence-electron chi connectivity index (χ4n) is 1.64. The lowest BCUT2D eigenvalue weighted by atomic mass is 10.3. The molecular formula is C13H10ClN3OS. The minimum Gasteiger partial charge on any atom is -0.437 e. The molecule has 0 aliphatic heterocycles. The van der Waals surface area contributed by atoms with E-state index in [4.69, 9.17) is 16.3 Å². The Hall–Kier alpha value is -1.72. The quantitative estimate of drug-likeness (QED) is 0.682. The zero-order chi connectivity index (χ0) is 13.2. The van der Waals surface area contributed by atoms with Gasteiger partial charge in [-0.1, -0.05) is 18.5 Å². The van der Waals surface area contributed by atoms with E-state index in [1.54, 1.807) is 29.7 Å². The molecule has 3 aromatic heterocycles. The van der Waals surface area contributed by atoms with Crippen LogP contribution in [0.5, 0.6) is 11.6 Å². The summed E-state index contributed by atoms with van der Waals surface area (Å²) in [6.07, 6.45) is 2.34. The number of pyridine rings is 1. The van der Waals surface area contributed by atoms with Gasteiger partial charge in [-0.3, -0.25) is 0 Å². The van der Waals surface area contributed by atoms with E-state index in [-0.39, 0.29) is 0 Å². The van der Waals surface area contributed by atoms with Crippen LogP contribution >= 0.6 is 22.9 Å². The van der Waals surface area contributed by atoms with Crippen LogP contribution in [0, 0.1) is 0 Å². The van der Waals surface area contributed by atoms with E-state index in [1.807, 2.05) is 18.4 Å². The van der Waals surface area contributed by atoms with Crippen molar-refractivity contribution in [1.29, 1.82) is 0 Å². The predicted molar refractivity (Wildman–Crippen MR) is 76.1 cm³/mol. The molecule has 0 spiro atoms. The summed E-state index contributed by atoms with van der Waals surface area (Å²) in [6.45, 7) is 2.02. The Morgan fingerprint density at radius 2 is 2.16 bits per heavy atom. The van der Waals surface area contributed by atoms with Crippen LogP contribution in [0.2, 0.25) is 5.15 Å². The topological polar surface area (TPSA) is 47.9 Å². The van der Waals surface area contributed by atoms with Gasteiger partial charge in [-0.25, -0.2) is 9.97 Å². The minimum absolute atomic E-state index is 0.435. The first kappa shape index (κ1) is 12.3. The standard InChI is InChI=1S/C13H10ClN3OS/c1-2-11-16-12(9-5-6-19-13(9)17-11)18-8-3-4-10(14)15-7-8/h3-7H,2H2,1H3. The van der Waals surface area contributed by atoms with E-state index in [2.05, 4.69) is 15.0 Å². The Morgan fingerprint density at radius 3 is 2.89 bits per heavy atom. The maximum absolute atomic E-state index is 5.78. The van der Waals surface area contributed by atoms with Crippen LogP contribution < -0.4 is 4.74 Å². The Labute approximate surface area is 119 Å². The SMILES string of the molecule is CCc1nc(Oc2ccc(Cl)nc2)c2ccsc2n1. The summed E-state index contributed by atoms with van der Waals surface area (Å²) in [4.78, 5) is 13.8. The first-order valence-corrected chi connectivity index (χ1v) is 7.05. The van der Waals surface area contributed by atoms with Crippen molar-refractivity contribution in [2.24, 2.45) is 0 Å². The van der Waals surface area contributed by atoms with Gasteiger partial charge in [-0.15, -0.1) is 11.3 Å². The molecule has 0 amide bonds. The van der Waals surface area contributed by atoms with Crippen LogP contribution in [0.15, 0.2) is 29.8 Å². The lowest BCUT2D eigenvalue weighted by Crippen LogP contribution is -1.96. The van der Waals surface area contributed by atoms with E-state index < -0.39 is 0 Å². The molecule has 0 atom stereocenters. The number of ether oxygens (including phenoxy) is 1. The number of hydrogen-bond acceptors (Lipinski definition) is 5. The Balaban J connectivity index is 2.03. The molecule has 0 fully saturated rings. The molecule has 0 saturated heterocycles. The van der Waals surface area contributed by atoms with Gasteiger partial charge in [0.2, 0.25) is 5.88 Å². The number of aryl methyl sites for hydroxylation is 1. The fourth-order valence-corrected chi connectivity index (χ4v) is 2.53. The smallest absolute Gasteiger partial charge is 0.231 e. The van der Waals surface area contributed by atoms with Gasteiger partial charge < -0.3 is 4.74 Å². The van der Waals surface area contributed by atoms with Gasteiger partial charge in [0.1, 0.15) is 21.6 Å². The van der Waals surface area contributed by atoms with Gasteiger partial charge in [-0.05, 0) is 23.6 Å². The van der Waals surface area contributed by atoms with Crippen molar-refractivity contribution in [3.05, 3.63) is 40.8 Å². The molecule has 0 aromatic carbocycles. The highest BCUT2D eigenvalue weighted by Gasteiger charge is 2.10. The second-order valence-corrected chi connectivity index (χ2v) is 5.14. The largest absolute Gasteiger partial charge is 0.437 e. The fraction of sp³-hybridized carbons (Fsp3) is 0.154. The number of halogens is 1. The summed E-state index contributed by atoms with van der Waals surface area (Å²) in [5, 5.41) is 3.33. The molecule has 96 valence electrons. The summed E-state index contributed by atoms with van der Waals surface area (Å²) in [7, 11) is 0. The summed E-state index contributed by atoms with van der Waals surface area (Å²) in [5.41, 5.74) is 0. The minimum atomic E-state index is 0.435. The van der Waals surface area contributed by atoms with Crippen LogP contribution in [0.25, 0.3) is 10.2 Å². The second-order valence-electron chi connectivity index (χ2n) is 3.86. The van der Waals surface area contributed by atoms with Crippen molar-refractivity contribution in [3.8, 4) is 11.6 Å². The molecule has 0 saturated carbocycles. The third kappa shape index (κ3) is 2.52. The van der Waals surface area contributed by atoms with Gasteiger partial charge in [0.25, 0.3) is 0 Å². The third-order valence-electron chi connectivity index (χ3n) is 2.57. The highest BCUT2D eigenvalue weighted by molar-refractivity contribution is 7.16. The van der Waals surface area contributed by atoms with Crippen LogP contribution in [0.4, 0.5) is 0 Å². The Morgan fingerprint density at radius 1 is 1.26 bits per heavy atom. The van der Waals surface area contributed by atoms with Crippen LogP contribution in [-0.4, -0.2) is 15.0 Å². The van der Waals surface area contributed by atoms with E-state index in [1.165, 1.54) is 0 Å². The molecule has 0 aliphatic carbocycles. The van der Waals surface area contributed by atoms with Gasteiger partial charge in [0.15, 0.2) is 0 Å². The number of rotatable bonds is 3. The Kier molecular flexibility index (Phi) is 3.31. The number of thiophene rings is 1. The highest BCUT2D eigenvalue weighted by atomic mass is 35.5. The molecule has 0 bridgehead atoms. The zero-order valence-electron chi connectivity index (χ0n) is 10.1. The average Bonchev–Trinajstić information content (AvgIpc) is 2.89. The van der Waals surface area contributed by atoms with Gasteiger partial charge in [-0.2, -0.15) is 4.98 Å². The number of hydrogen-bond donors (Lipinski definition) is 0. The number of fused-ring (bicyclic) bond motifs is 1. The molecule has 6 heteroatoms. The van der Waals surface area contributed by atoms with Gasteiger partial charge in [0, 0.05) is 6.42 Å². The van der Waals surface area contributed by atoms with E-state index in [0.717, 1.165) is 22.5 Å². The number of nitrogens with zero attached hydrogens (tertiary/aromatic N) is 3. The van der Waals surface area contributed by atoms with Crippen LogP contribution in [-0.2, 0) is 6.42 Å². The van der Waals surface area contributed by atoms with Crippen molar-refractivity contribution in [3.63, 3.8) is 0 Å². The first-order chi connectivity index (χ1) is 9.26. The molecule has 0 radical (unpaired) electrons. The monoisotopic (exact) mass is 291 g/mol. The van der Waals surface area contributed by atoms with Crippen molar-refractivity contribution >= 4 is 33.2 Å². The third-order valence-corrected chi connectivity index (χ3v) is 3.60. The van der Waals surface area contributed by atoms with Crippen LogP contribution in [0.3, 0.4) is 0 Å². The maximum atomic E-state index is 5.78. The molecular weight excluding hydrogens is 282 g/mol. The van der Waals surface area contributed by atoms with Gasteiger partial charge >= 0.3 is 0 Å². The predicted octanol–water partition coefficient (Wildman–Crippen LogP) is 4.09. The molecule has 0 unspecified atom stereocenters. The maximum Gasteiger partial charge on any atom is 0.231 e. The second kappa shape index (κ2) is 5.11. The highest BCUT2D eigenvalue weighted by Crippen LogP contribution is 2.30. The van der Waals surface area contributed by atoms with Crippen molar-refractivity contribution < 1.29 is 4.74 Å². The van der Waals surface area contributed by atoms with Crippen molar-refractivity contribution in [1.82, 2.24) is 15.0 Å². The molecule has 0 N–H and O–H groups in total. The van der Waals surface area contributed by atoms with E-state index >= 15 is 0 Å². The van der Waals surface area contributed by atoms with E-state index in [0.29, 0.717) is 16.8 Å². The molecule has 0 aliphatic rings. The normalized spacial score (nSPS) is 10.8. The molecule has 3 heterocycles. The van der Waals surface area contributed by atoms with Crippen molar-refractivity contribution in [2.45, 2.75) is 13.3 Å². The van der Waals surface area contributed by atoms with Crippen LogP contribution in [0.1, 0.15) is 12.7 Å². The lowest BCUT2D eigenvalue weighted by molar-refractivity contribution is 0.464.